The van der Waals surface area contributed by atoms with Crippen molar-refractivity contribution in [1.82, 2.24) is 5.32 Å². The summed E-state index contributed by atoms with van der Waals surface area (Å²) in [5.41, 5.74) is 1.86. The minimum Gasteiger partial charge on any atom is -0.508 e. The van der Waals surface area contributed by atoms with E-state index in [-0.39, 0.29) is 24.1 Å². The van der Waals surface area contributed by atoms with E-state index in [0.717, 1.165) is 5.56 Å². The number of rotatable bonds is 2. The number of fused-ring (bicyclic) bond motifs is 1. The zero-order chi connectivity index (χ0) is 14.8. The second-order valence-electron chi connectivity index (χ2n) is 4.85. The molecule has 0 radical (unpaired) electrons. The molecule has 0 saturated heterocycles. The molecule has 0 saturated carbocycles. The van der Waals surface area contributed by atoms with Gasteiger partial charge in [0.15, 0.2) is 0 Å². The van der Waals surface area contributed by atoms with E-state index in [2.05, 4.69) is 5.32 Å². The minimum absolute atomic E-state index is 0.0354. The molecule has 5 heteroatoms. The van der Waals surface area contributed by atoms with Gasteiger partial charge in [-0.15, -0.1) is 0 Å². The number of nitrogens with one attached hydrogen (secondary N) is 1. The summed E-state index contributed by atoms with van der Waals surface area (Å²) < 4.78 is 0. The number of para-hydroxylation sites is 1. The molecule has 0 spiro atoms. The Bertz CT molecular complexity index is 712. The highest BCUT2D eigenvalue weighted by Gasteiger charge is 2.25. The van der Waals surface area contributed by atoms with E-state index >= 15 is 0 Å². The number of amides is 2. The predicted molar refractivity (Wildman–Crippen MR) is 78.1 cm³/mol. The quantitative estimate of drug-likeness (QED) is 0.880. The van der Waals surface area contributed by atoms with Crippen LogP contribution in [0, 0.1) is 0 Å². The molecule has 1 aliphatic heterocycles. The maximum Gasteiger partial charge on any atom is 0.253 e. The Balaban J connectivity index is 2.01. The highest BCUT2D eigenvalue weighted by molar-refractivity contribution is 6.09. The average molecular weight is 282 g/mol. The molecule has 0 bridgehead atoms. The summed E-state index contributed by atoms with van der Waals surface area (Å²) in [7, 11) is 0. The van der Waals surface area contributed by atoms with Crippen molar-refractivity contribution in [2.45, 2.75) is 6.54 Å². The van der Waals surface area contributed by atoms with Crippen molar-refractivity contribution in [3.8, 4) is 5.75 Å². The average Bonchev–Trinajstić information content (AvgIpc) is 2.60. The van der Waals surface area contributed by atoms with Gasteiger partial charge in [-0.2, -0.15) is 0 Å². The summed E-state index contributed by atoms with van der Waals surface area (Å²) in [6, 6.07) is 13.7. The number of carbonyl (C=O) groups is 2. The lowest BCUT2D eigenvalue weighted by atomic mass is 10.1. The number of hydrogen-bond donors (Lipinski definition) is 2. The molecule has 0 fully saturated rings. The van der Waals surface area contributed by atoms with Crippen LogP contribution < -0.4 is 10.2 Å². The molecule has 0 aromatic heterocycles. The second kappa shape index (κ2) is 5.28. The van der Waals surface area contributed by atoms with Crippen LogP contribution in [0.5, 0.6) is 5.75 Å². The van der Waals surface area contributed by atoms with Crippen molar-refractivity contribution in [1.29, 1.82) is 0 Å². The Morgan fingerprint density at radius 1 is 1.10 bits per heavy atom. The van der Waals surface area contributed by atoms with Crippen LogP contribution in [0.1, 0.15) is 15.9 Å². The first-order chi connectivity index (χ1) is 10.1. The summed E-state index contributed by atoms with van der Waals surface area (Å²) in [4.78, 5) is 25.8. The van der Waals surface area contributed by atoms with Gasteiger partial charge < -0.3 is 15.3 Å². The number of carbonyl (C=O) groups excluding carboxylic acids is 2. The van der Waals surface area contributed by atoms with E-state index in [4.69, 9.17) is 0 Å². The molecule has 21 heavy (non-hydrogen) atoms. The third-order valence-electron chi connectivity index (χ3n) is 3.39. The Morgan fingerprint density at radius 2 is 1.90 bits per heavy atom. The van der Waals surface area contributed by atoms with Crippen LogP contribution in [0.3, 0.4) is 0 Å². The molecule has 0 aliphatic carbocycles. The van der Waals surface area contributed by atoms with Gasteiger partial charge in [0.1, 0.15) is 5.75 Å². The lowest BCUT2D eigenvalue weighted by molar-refractivity contribution is -0.117. The van der Waals surface area contributed by atoms with Gasteiger partial charge in [-0.05, 0) is 29.8 Å². The van der Waals surface area contributed by atoms with Crippen molar-refractivity contribution in [2.24, 2.45) is 0 Å². The normalized spacial score (nSPS) is 14.4. The fourth-order valence-corrected chi connectivity index (χ4v) is 2.39. The summed E-state index contributed by atoms with van der Waals surface area (Å²) >= 11 is 0. The Kier molecular flexibility index (Phi) is 3.31. The summed E-state index contributed by atoms with van der Waals surface area (Å²) in [5, 5.41) is 12.1. The van der Waals surface area contributed by atoms with E-state index in [1.807, 2.05) is 6.07 Å². The van der Waals surface area contributed by atoms with E-state index in [1.165, 1.54) is 0 Å². The maximum absolute atomic E-state index is 12.3. The lowest BCUT2D eigenvalue weighted by Crippen LogP contribution is -2.36. The van der Waals surface area contributed by atoms with Gasteiger partial charge in [-0.3, -0.25) is 9.59 Å². The van der Waals surface area contributed by atoms with Gasteiger partial charge in [0.05, 0.1) is 24.3 Å². The van der Waals surface area contributed by atoms with E-state index in [9.17, 15) is 14.7 Å². The summed E-state index contributed by atoms with van der Waals surface area (Å²) in [6.45, 7) is 0.269. The van der Waals surface area contributed by atoms with E-state index < -0.39 is 0 Å². The molecule has 2 aromatic rings. The smallest absolute Gasteiger partial charge is 0.253 e. The van der Waals surface area contributed by atoms with Gasteiger partial charge in [-0.1, -0.05) is 24.3 Å². The van der Waals surface area contributed by atoms with Gasteiger partial charge in [0.25, 0.3) is 5.91 Å². The number of aromatic hydroxyl groups is 1. The Morgan fingerprint density at radius 3 is 2.71 bits per heavy atom. The molecule has 1 heterocycles. The monoisotopic (exact) mass is 282 g/mol. The molecule has 0 atom stereocenters. The maximum atomic E-state index is 12.3. The van der Waals surface area contributed by atoms with E-state index in [0.29, 0.717) is 17.8 Å². The molecular weight excluding hydrogens is 268 g/mol. The lowest BCUT2D eigenvalue weighted by Gasteiger charge is -2.22. The molecule has 2 amide bonds. The number of benzene rings is 2. The molecule has 1 aliphatic rings. The largest absolute Gasteiger partial charge is 0.508 e. The van der Waals surface area contributed by atoms with Crippen LogP contribution in [0.2, 0.25) is 0 Å². The first kappa shape index (κ1) is 13.2. The fraction of sp³-hybridized carbons (Fsp3) is 0.125. The Hall–Kier alpha value is -2.82. The third-order valence-corrected chi connectivity index (χ3v) is 3.39. The Labute approximate surface area is 121 Å². The molecular formula is C16H14N2O3. The van der Waals surface area contributed by atoms with Crippen LogP contribution in [0.25, 0.3) is 0 Å². The first-order valence-electron chi connectivity index (χ1n) is 6.60. The second-order valence-corrected chi connectivity index (χ2v) is 4.85. The summed E-state index contributed by atoms with van der Waals surface area (Å²) in [6.07, 6.45) is 0. The first-order valence-corrected chi connectivity index (χ1v) is 6.60. The SMILES string of the molecule is O=C1NCC(=O)N(Cc2cccc(O)c2)c2ccccc21. The topological polar surface area (TPSA) is 69.6 Å². The van der Waals surface area contributed by atoms with Crippen molar-refractivity contribution in [3.63, 3.8) is 0 Å². The number of nitrogens with zero attached hydrogens (tertiary/aromatic N) is 1. The van der Waals surface area contributed by atoms with Gasteiger partial charge >= 0.3 is 0 Å². The summed E-state index contributed by atoms with van der Waals surface area (Å²) in [5.74, 6) is -0.286. The number of hydrogen-bond acceptors (Lipinski definition) is 3. The number of anilines is 1. The zero-order valence-corrected chi connectivity index (χ0v) is 11.2. The molecule has 0 unspecified atom stereocenters. The van der Waals surface area contributed by atoms with Gasteiger partial charge in [0.2, 0.25) is 5.91 Å². The van der Waals surface area contributed by atoms with Crippen LogP contribution in [-0.4, -0.2) is 23.5 Å². The molecule has 106 valence electrons. The van der Waals surface area contributed by atoms with Crippen LogP contribution in [0.15, 0.2) is 48.5 Å². The predicted octanol–water partition coefficient (Wildman–Crippen LogP) is 1.67. The van der Waals surface area contributed by atoms with Gasteiger partial charge in [0, 0.05) is 0 Å². The van der Waals surface area contributed by atoms with Crippen molar-refractivity contribution in [3.05, 3.63) is 59.7 Å². The standard InChI is InChI=1S/C16H14N2O3/c19-12-5-3-4-11(8-12)10-18-14-7-2-1-6-13(14)16(21)17-9-15(18)20/h1-8,19H,9-10H2,(H,17,21). The van der Waals surface area contributed by atoms with Crippen molar-refractivity contribution in [2.75, 3.05) is 11.4 Å². The molecule has 5 nitrogen and oxygen atoms in total. The van der Waals surface area contributed by atoms with Crippen molar-refractivity contribution < 1.29 is 14.7 Å². The highest BCUT2D eigenvalue weighted by Crippen LogP contribution is 2.25. The highest BCUT2D eigenvalue weighted by atomic mass is 16.3. The fourth-order valence-electron chi connectivity index (χ4n) is 2.39. The number of phenolic OH excluding ortho intramolecular Hbond substituents is 1. The van der Waals surface area contributed by atoms with Gasteiger partial charge in [-0.25, -0.2) is 0 Å². The van der Waals surface area contributed by atoms with Crippen LogP contribution in [-0.2, 0) is 11.3 Å². The third kappa shape index (κ3) is 2.58. The zero-order valence-electron chi connectivity index (χ0n) is 11.2. The van der Waals surface area contributed by atoms with Crippen LogP contribution in [0.4, 0.5) is 5.69 Å². The number of phenols is 1. The van der Waals surface area contributed by atoms with E-state index in [1.54, 1.807) is 47.4 Å². The van der Waals surface area contributed by atoms with Crippen molar-refractivity contribution >= 4 is 17.5 Å². The molecule has 2 aromatic carbocycles. The van der Waals surface area contributed by atoms with Crippen LogP contribution >= 0.6 is 0 Å². The molecule has 2 N–H and O–H groups in total. The molecule has 3 rings (SSSR count). The minimum atomic E-state index is -0.252.